The first-order valence-corrected chi connectivity index (χ1v) is 9.67. The summed E-state index contributed by atoms with van der Waals surface area (Å²) >= 11 is 0. The van der Waals surface area contributed by atoms with Crippen molar-refractivity contribution in [3.05, 3.63) is 59.5 Å². The molecule has 0 spiro atoms. The number of anilines is 1. The molecule has 3 heterocycles. The Bertz CT molecular complexity index is 966. The Morgan fingerprint density at radius 3 is 2.71 bits per heavy atom. The van der Waals surface area contributed by atoms with Crippen molar-refractivity contribution in [2.75, 3.05) is 5.32 Å². The van der Waals surface area contributed by atoms with Crippen molar-refractivity contribution in [1.82, 2.24) is 19.9 Å². The number of aromatic nitrogens is 4. The van der Waals surface area contributed by atoms with E-state index in [-0.39, 0.29) is 5.60 Å². The van der Waals surface area contributed by atoms with Crippen molar-refractivity contribution in [2.45, 2.75) is 52.2 Å². The highest BCUT2D eigenvalue weighted by molar-refractivity contribution is 5.57. The molecule has 0 unspecified atom stereocenters. The second kappa shape index (κ2) is 7.54. The van der Waals surface area contributed by atoms with Gasteiger partial charge in [0.25, 0.3) is 0 Å². The second-order valence-corrected chi connectivity index (χ2v) is 7.96. The minimum atomic E-state index is -0.274. The van der Waals surface area contributed by atoms with E-state index >= 15 is 0 Å². The third-order valence-corrected chi connectivity index (χ3v) is 4.50. The number of hydrogen-bond acceptors (Lipinski definition) is 6. The Kier molecular flexibility index (Phi) is 4.94. The number of pyridine rings is 2. The predicted octanol–water partition coefficient (Wildman–Crippen LogP) is 4.21. The van der Waals surface area contributed by atoms with E-state index in [9.17, 15) is 0 Å². The van der Waals surface area contributed by atoms with Gasteiger partial charge in [-0.3, -0.25) is 4.98 Å². The molecule has 0 aromatic carbocycles. The molecule has 0 radical (unpaired) electrons. The van der Waals surface area contributed by atoms with Crippen LogP contribution in [-0.4, -0.2) is 25.5 Å². The van der Waals surface area contributed by atoms with Gasteiger partial charge in [0.05, 0.1) is 0 Å². The average molecular weight is 375 g/mol. The van der Waals surface area contributed by atoms with Crippen LogP contribution in [0.25, 0.3) is 11.5 Å². The zero-order valence-electron chi connectivity index (χ0n) is 16.6. The summed E-state index contributed by atoms with van der Waals surface area (Å²) in [6.07, 6.45) is 6.66. The fraction of sp³-hybridized carbons (Fsp3) is 0.364. The second-order valence-electron chi connectivity index (χ2n) is 7.96. The molecule has 28 heavy (non-hydrogen) atoms. The maximum atomic E-state index is 5.87. The fourth-order valence-electron chi connectivity index (χ4n) is 3.30. The molecule has 6 nitrogen and oxygen atoms in total. The SMILES string of the molecule is CC(C)(C)Oc1cc(CNc2nc(-c3ccccn3)nc3c2CCC3)ccn1. The molecule has 0 amide bonds. The first-order valence-electron chi connectivity index (χ1n) is 9.67. The number of aryl methyl sites for hydroxylation is 1. The molecule has 6 heteroatoms. The maximum absolute atomic E-state index is 5.87. The van der Waals surface area contributed by atoms with Gasteiger partial charge in [-0.25, -0.2) is 15.0 Å². The van der Waals surface area contributed by atoms with E-state index in [0.29, 0.717) is 18.2 Å². The van der Waals surface area contributed by atoms with Crippen molar-refractivity contribution < 1.29 is 4.74 Å². The lowest BCUT2D eigenvalue weighted by Crippen LogP contribution is -2.23. The zero-order valence-corrected chi connectivity index (χ0v) is 16.6. The first kappa shape index (κ1) is 18.3. The van der Waals surface area contributed by atoms with Crippen molar-refractivity contribution in [2.24, 2.45) is 0 Å². The molecule has 3 aromatic heterocycles. The summed E-state index contributed by atoms with van der Waals surface area (Å²) in [5.41, 5.74) is 3.97. The summed E-state index contributed by atoms with van der Waals surface area (Å²) in [4.78, 5) is 18.2. The van der Waals surface area contributed by atoms with E-state index < -0.39 is 0 Å². The topological polar surface area (TPSA) is 72.8 Å². The molecular formula is C22H25N5O. The summed E-state index contributed by atoms with van der Waals surface area (Å²) in [5.74, 6) is 2.21. The minimum Gasteiger partial charge on any atom is -0.472 e. The van der Waals surface area contributed by atoms with Crippen LogP contribution in [0.4, 0.5) is 5.82 Å². The molecule has 1 aliphatic rings. The predicted molar refractivity (Wildman–Crippen MR) is 109 cm³/mol. The van der Waals surface area contributed by atoms with Gasteiger partial charge >= 0.3 is 0 Å². The number of hydrogen-bond donors (Lipinski definition) is 1. The highest BCUT2D eigenvalue weighted by Crippen LogP contribution is 2.29. The van der Waals surface area contributed by atoms with E-state index in [4.69, 9.17) is 14.7 Å². The van der Waals surface area contributed by atoms with E-state index in [1.165, 1.54) is 5.56 Å². The van der Waals surface area contributed by atoms with Gasteiger partial charge in [0.2, 0.25) is 5.88 Å². The van der Waals surface area contributed by atoms with Crippen LogP contribution < -0.4 is 10.1 Å². The van der Waals surface area contributed by atoms with Gasteiger partial charge in [-0.05, 0) is 63.8 Å². The average Bonchev–Trinajstić information content (AvgIpc) is 3.14. The van der Waals surface area contributed by atoms with Crippen LogP contribution in [0.1, 0.15) is 44.0 Å². The van der Waals surface area contributed by atoms with Crippen molar-refractivity contribution >= 4 is 5.82 Å². The molecular weight excluding hydrogens is 350 g/mol. The van der Waals surface area contributed by atoms with Gasteiger partial charge in [-0.2, -0.15) is 0 Å². The molecule has 1 aliphatic carbocycles. The van der Waals surface area contributed by atoms with Crippen LogP contribution in [0.2, 0.25) is 0 Å². The van der Waals surface area contributed by atoms with Crippen LogP contribution in [0.5, 0.6) is 5.88 Å². The number of rotatable bonds is 5. The van der Waals surface area contributed by atoms with Crippen LogP contribution in [0, 0.1) is 0 Å². The quantitative estimate of drug-likeness (QED) is 0.720. The Balaban J connectivity index is 1.57. The van der Waals surface area contributed by atoms with E-state index in [1.54, 1.807) is 12.4 Å². The molecule has 3 aromatic rings. The molecule has 0 atom stereocenters. The number of fused-ring (bicyclic) bond motifs is 1. The van der Waals surface area contributed by atoms with E-state index in [2.05, 4.69) is 15.3 Å². The van der Waals surface area contributed by atoms with Crippen LogP contribution >= 0.6 is 0 Å². The molecule has 0 saturated heterocycles. The highest BCUT2D eigenvalue weighted by atomic mass is 16.5. The standard InChI is InChI=1S/C22H25N5O/c1-22(2,3)28-19-13-15(10-12-24-19)14-25-20-16-7-6-9-17(16)26-21(27-20)18-8-4-5-11-23-18/h4-5,8,10-13H,6-7,9,14H2,1-3H3,(H,25,26,27). The van der Waals surface area contributed by atoms with Gasteiger partial charge in [0, 0.05) is 36.3 Å². The van der Waals surface area contributed by atoms with Gasteiger partial charge in [-0.1, -0.05) is 6.07 Å². The third kappa shape index (κ3) is 4.27. The molecule has 0 aliphatic heterocycles. The van der Waals surface area contributed by atoms with Gasteiger partial charge in [0.1, 0.15) is 17.1 Å². The Hall–Kier alpha value is -3.02. The summed E-state index contributed by atoms with van der Waals surface area (Å²) in [6.45, 7) is 6.70. The summed E-state index contributed by atoms with van der Waals surface area (Å²) < 4.78 is 5.87. The van der Waals surface area contributed by atoms with Crippen LogP contribution in [-0.2, 0) is 19.4 Å². The molecule has 1 N–H and O–H groups in total. The van der Waals surface area contributed by atoms with Gasteiger partial charge in [-0.15, -0.1) is 0 Å². The monoisotopic (exact) mass is 375 g/mol. The van der Waals surface area contributed by atoms with E-state index in [1.807, 2.05) is 51.1 Å². The Labute approximate surface area is 165 Å². The molecule has 0 bridgehead atoms. The summed E-state index contributed by atoms with van der Waals surface area (Å²) in [5, 5.41) is 3.50. The lowest BCUT2D eigenvalue weighted by molar-refractivity contribution is 0.124. The summed E-state index contributed by atoms with van der Waals surface area (Å²) in [6, 6.07) is 9.76. The van der Waals surface area contributed by atoms with Crippen molar-refractivity contribution in [3.63, 3.8) is 0 Å². The third-order valence-electron chi connectivity index (χ3n) is 4.50. The van der Waals surface area contributed by atoms with Crippen molar-refractivity contribution in [3.8, 4) is 17.4 Å². The molecule has 0 fully saturated rings. The van der Waals surface area contributed by atoms with Gasteiger partial charge in [0.15, 0.2) is 5.82 Å². The van der Waals surface area contributed by atoms with Crippen molar-refractivity contribution in [1.29, 1.82) is 0 Å². The number of nitrogens with zero attached hydrogens (tertiary/aromatic N) is 4. The fourth-order valence-corrected chi connectivity index (χ4v) is 3.30. The normalized spacial score (nSPS) is 13.2. The lowest BCUT2D eigenvalue weighted by atomic mass is 10.2. The smallest absolute Gasteiger partial charge is 0.214 e. The molecule has 144 valence electrons. The van der Waals surface area contributed by atoms with Crippen LogP contribution in [0.3, 0.4) is 0 Å². The minimum absolute atomic E-state index is 0.274. The zero-order chi connectivity index (χ0) is 19.6. The van der Waals surface area contributed by atoms with E-state index in [0.717, 1.165) is 42.0 Å². The summed E-state index contributed by atoms with van der Waals surface area (Å²) in [7, 11) is 0. The Morgan fingerprint density at radius 1 is 1.04 bits per heavy atom. The largest absolute Gasteiger partial charge is 0.472 e. The molecule has 0 saturated carbocycles. The number of ether oxygens (including phenoxy) is 1. The maximum Gasteiger partial charge on any atom is 0.214 e. The van der Waals surface area contributed by atoms with Gasteiger partial charge < -0.3 is 10.1 Å². The lowest BCUT2D eigenvalue weighted by Gasteiger charge is -2.20. The Morgan fingerprint density at radius 2 is 1.93 bits per heavy atom. The van der Waals surface area contributed by atoms with Crippen LogP contribution in [0.15, 0.2) is 42.7 Å². The highest BCUT2D eigenvalue weighted by Gasteiger charge is 2.20. The first-order chi connectivity index (χ1) is 13.5. The number of nitrogens with one attached hydrogen (secondary N) is 1. The molecule has 4 rings (SSSR count).